The lowest BCUT2D eigenvalue weighted by Crippen LogP contribution is -2.20. The van der Waals surface area contributed by atoms with Crippen molar-refractivity contribution in [1.29, 1.82) is 0 Å². The summed E-state index contributed by atoms with van der Waals surface area (Å²) >= 11 is 0. The maximum absolute atomic E-state index is 11.4. The van der Waals surface area contributed by atoms with E-state index in [1.54, 1.807) is 0 Å². The smallest absolute Gasteiger partial charge is 0.342 e. The number of nitrogens with zero attached hydrogens (tertiary/aromatic N) is 1. The summed E-state index contributed by atoms with van der Waals surface area (Å²) in [5.74, 6) is -0.740. The fraction of sp³-hybridized carbons (Fsp3) is 0.214. The zero-order valence-electron chi connectivity index (χ0n) is 10.3. The molecule has 0 atom stereocenters. The Morgan fingerprint density at radius 2 is 1.95 bits per heavy atom. The number of carbonyl (C=O) groups is 1. The standard InChI is InChI=1S/C14H14N2O3/c17-13-11(14(18)19)9-15-12(16-13)8-4-7-10-5-2-1-3-6-10/h1-3,5-6,9H,4,7-8H2,(H,18,19)(H,15,16,17). The third-order valence-electron chi connectivity index (χ3n) is 2.80. The van der Waals surface area contributed by atoms with E-state index in [-0.39, 0.29) is 5.56 Å². The fourth-order valence-corrected chi connectivity index (χ4v) is 1.82. The van der Waals surface area contributed by atoms with Crippen molar-refractivity contribution >= 4 is 5.97 Å². The lowest BCUT2D eigenvalue weighted by Gasteiger charge is -2.02. The second-order valence-electron chi connectivity index (χ2n) is 4.22. The van der Waals surface area contributed by atoms with Crippen molar-refractivity contribution < 1.29 is 9.90 Å². The molecule has 0 aliphatic rings. The fourth-order valence-electron chi connectivity index (χ4n) is 1.82. The summed E-state index contributed by atoms with van der Waals surface area (Å²) in [4.78, 5) is 28.6. The molecule has 2 rings (SSSR count). The van der Waals surface area contributed by atoms with Gasteiger partial charge in [0.05, 0.1) is 0 Å². The van der Waals surface area contributed by atoms with Crippen LogP contribution >= 0.6 is 0 Å². The highest BCUT2D eigenvalue weighted by Crippen LogP contribution is 2.04. The molecule has 0 fully saturated rings. The van der Waals surface area contributed by atoms with Crippen LogP contribution in [-0.2, 0) is 12.8 Å². The quantitative estimate of drug-likeness (QED) is 0.854. The van der Waals surface area contributed by atoms with Gasteiger partial charge in [-0.15, -0.1) is 0 Å². The Balaban J connectivity index is 1.95. The maximum Gasteiger partial charge on any atom is 0.342 e. The number of nitrogens with one attached hydrogen (secondary N) is 1. The van der Waals surface area contributed by atoms with Crippen molar-refractivity contribution in [3.05, 3.63) is 63.8 Å². The molecule has 0 spiro atoms. The minimum atomic E-state index is -1.26. The Labute approximate surface area is 110 Å². The van der Waals surface area contributed by atoms with Crippen LogP contribution in [0.3, 0.4) is 0 Å². The lowest BCUT2D eigenvalue weighted by atomic mass is 10.1. The summed E-state index contributed by atoms with van der Waals surface area (Å²) in [6.07, 6.45) is 3.47. The van der Waals surface area contributed by atoms with Gasteiger partial charge in [-0.25, -0.2) is 9.78 Å². The number of benzene rings is 1. The van der Waals surface area contributed by atoms with Crippen molar-refractivity contribution in [3.63, 3.8) is 0 Å². The van der Waals surface area contributed by atoms with Crippen LogP contribution in [0.15, 0.2) is 41.3 Å². The minimum absolute atomic E-state index is 0.327. The van der Waals surface area contributed by atoms with E-state index in [1.807, 2.05) is 30.3 Å². The van der Waals surface area contributed by atoms with Crippen LogP contribution in [0.5, 0.6) is 0 Å². The summed E-state index contributed by atoms with van der Waals surface area (Å²) in [6.45, 7) is 0. The van der Waals surface area contributed by atoms with Gasteiger partial charge >= 0.3 is 5.97 Å². The third kappa shape index (κ3) is 3.51. The minimum Gasteiger partial charge on any atom is -0.477 e. The summed E-state index contributed by atoms with van der Waals surface area (Å²) < 4.78 is 0. The van der Waals surface area contributed by atoms with Crippen LogP contribution in [0.4, 0.5) is 0 Å². The molecule has 5 nitrogen and oxygen atoms in total. The van der Waals surface area contributed by atoms with Crippen molar-refractivity contribution in [2.45, 2.75) is 19.3 Å². The molecule has 1 heterocycles. The van der Waals surface area contributed by atoms with Crippen LogP contribution in [0.25, 0.3) is 0 Å². The number of aromatic carboxylic acids is 1. The number of rotatable bonds is 5. The molecule has 2 aromatic rings. The van der Waals surface area contributed by atoms with Crippen molar-refractivity contribution in [1.82, 2.24) is 9.97 Å². The Kier molecular flexibility index (Phi) is 4.07. The number of carboxylic acid groups (broad SMARTS) is 1. The Hall–Kier alpha value is -2.43. The summed E-state index contributed by atoms with van der Waals surface area (Å²) in [5, 5.41) is 8.72. The second-order valence-corrected chi connectivity index (χ2v) is 4.22. The summed E-state index contributed by atoms with van der Waals surface area (Å²) in [7, 11) is 0. The van der Waals surface area contributed by atoms with Gasteiger partial charge in [0.25, 0.3) is 5.56 Å². The molecule has 1 aromatic heterocycles. The summed E-state index contributed by atoms with van der Waals surface area (Å²) in [5.41, 5.74) is 0.302. The van der Waals surface area contributed by atoms with Crippen LogP contribution in [0, 0.1) is 0 Å². The molecule has 98 valence electrons. The normalized spacial score (nSPS) is 10.3. The largest absolute Gasteiger partial charge is 0.477 e. The zero-order chi connectivity index (χ0) is 13.7. The molecule has 0 saturated heterocycles. The zero-order valence-corrected chi connectivity index (χ0v) is 10.3. The van der Waals surface area contributed by atoms with Gasteiger partial charge in [0.2, 0.25) is 0 Å². The molecule has 0 saturated carbocycles. The van der Waals surface area contributed by atoms with Crippen LogP contribution < -0.4 is 5.56 Å². The lowest BCUT2D eigenvalue weighted by molar-refractivity contribution is 0.0694. The van der Waals surface area contributed by atoms with Gasteiger partial charge < -0.3 is 10.1 Å². The first-order chi connectivity index (χ1) is 9.16. The molecule has 0 aliphatic carbocycles. The molecule has 2 N–H and O–H groups in total. The Morgan fingerprint density at radius 3 is 2.58 bits per heavy atom. The average molecular weight is 258 g/mol. The van der Waals surface area contributed by atoms with E-state index in [4.69, 9.17) is 5.11 Å². The molecule has 0 unspecified atom stereocenters. The first-order valence-electron chi connectivity index (χ1n) is 6.02. The molecule has 19 heavy (non-hydrogen) atoms. The second kappa shape index (κ2) is 5.95. The monoisotopic (exact) mass is 258 g/mol. The first-order valence-corrected chi connectivity index (χ1v) is 6.02. The van der Waals surface area contributed by atoms with Crippen molar-refractivity contribution in [2.24, 2.45) is 0 Å². The first kappa shape index (κ1) is 13.0. The van der Waals surface area contributed by atoms with E-state index in [0.29, 0.717) is 12.2 Å². The van der Waals surface area contributed by atoms with E-state index in [1.165, 1.54) is 5.56 Å². The van der Waals surface area contributed by atoms with Gasteiger partial charge in [-0.1, -0.05) is 30.3 Å². The maximum atomic E-state index is 11.4. The predicted octanol–water partition coefficient (Wildman–Crippen LogP) is 1.64. The van der Waals surface area contributed by atoms with Gasteiger partial charge in [-0.05, 0) is 18.4 Å². The van der Waals surface area contributed by atoms with Gasteiger partial charge in [0, 0.05) is 12.6 Å². The number of aromatic nitrogens is 2. The number of H-pyrrole nitrogens is 1. The SMILES string of the molecule is O=C(O)c1cnc(CCCc2ccccc2)[nH]c1=O. The predicted molar refractivity (Wildman–Crippen MR) is 70.3 cm³/mol. The molecule has 5 heteroatoms. The van der Waals surface area contributed by atoms with Crippen LogP contribution in [-0.4, -0.2) is 21.0 Å². The molecule has 0 bridgehead atoms. The van der Waals surface area contributed by atoms with Crippen molar-refractivity contribution in [2.75, 3.05) is 0 Å². The molecular formula is C14H14N2O3. The number of aryl methyl sites for hydroxylation is 2. The number of aromatic amines is 1. The highest BCUT2D eigenvalue weighted by atomic mass is 16.4. The summed E-state index contributed by atoms with van der Waals surface area (Å²) in [6, 6.07) is 10.0. The Bertz CT molecular complexity index is 620. The Morgan fingerprint density at radius 1 is 1.21 bits per heavy atom. The van der Waals surface area contributed by atoms with Crippen LogP contribution in [0.1, 0.15) is 28.2 Å². The van der Waals surface area contributed by atoms with E-state index >= 15 is 0 Å². The average Bonchev–Trinajstić information content (AvgIpc) is 2.39. The van der Waals surface area contributed by atoms with E-state index in [0.717, 1.165) is 19.0 Å². The van der Waals surface area contributed by atoms with E-state index < -0.39 is 11.5 Å². The van der Waals surface area contributed by atoms with Crippen LogP contribution in [0.2, 0.25) is 0 Å². The molecule has 0 amide bonds. The van der Waals surface area contributed by atoms with E-state index in [9.17, 15) is 9.59 Å². The topological polar surface area (TPSA) is 83.0 Å². The number of hydrogen-bond acceptors (Lipinski definition) is 3. The number of hydrogen-bond donors (Lipinski definition) is 2. The molecule has 0 aliphatic heterocycles. The highest BCUT2D eigenvalue weighted by molar-refractivity contribution is 5.86. The molecule has 1 aromatic carbocycles. The van der Waals surface area contributed by atoms with Gasteiger partial charge in [0.15, 0.2) is 0 Å². The molecular weight excluding hydrogens is 244 g/mol. The van der Waals surface area contributed by atoms with Gasteiger partial charge in [-0.2, -0.15) is 0 Å². The number of carboxylic acids is 1. The van der Waals surface area contributed by atoms with Gasteiger partial charge in [-0.3, -0.25) is 4.79 Å². The molecule has 0 radical (unpaired) electrons. The third-order valence-corrected chi connectivity index (χ3v) is 2.80. The van der Waals surface area contributed by atoms with Crippen molar-refractivity contribution in [3.8, 4) is 0 Å². The van der Waals surface area contributed by atoms with E-state index in [2.05, 4.69) is 9.97 Å². The highest BCUT2D eigenvalue weighted by Gasteiger charge is 2.09. The van der Waals surface area contributed by atoms with Gasteiger partial charge in [0.1, 0.15) is 11.4 Å².